The fourth-order valence-electron chi connectivity index (χ4n) is 3.55. The predicted octanol–water partition coefficient (Wildman–Crippen LogP) is 2.88. The van der Waals surface area contributed by atoms with Gasteiger partial charge in [-0.3, -0.25) is 0 Å². The Kier molecular flexibility index (Phi) is 4.60. The summed E-state index contributed by atoms with van der Waals surface area (Å²) in [7, 11) is 0. The van der Waals surface area contributed by atoms with Crippen molar-refractivity contribution in [2.75, 3.05) is 0 Å². The van der Waals surface area contributed by atoms with Crippen LogP contribution in [0.3, 0.4) is 0 Å². The standard InChI is InChI=1S/C18H18ClFN4O2/c19-10-5-11-12(7-22-17(11)21-6-10)18-23-8-13(20)14(24-18)4-9-2-1-3-15(25)16(9)26/h5-9,15-16,25-26H,1-4H2,(H,21,22)/t9-,15-,16+/m0/s1. The van der Waals surface area contributed by atoms with Crippen LogP contribution in [0, 0.1) is 11.7 Å². The highest BCUT2D eigenvalue weighted by Crippen LogP contribution is 2.30. The molecule has 0 saturated heterocycles. The van der Waals surface area contributed by atoms with Gasteiger partial charge in [-0.15, -0.1) is 0 Å². The first kappa shape index (κ1) is 17.3. The summed E-state index contributed by atoms with van der Waals surface area (Å²) >= 11 is 6.02. The fraction of sp³-hybridized carbons (Fsp3) is 0.389. The maximum Gasteiger partial charge on any atom is 0.163 e. The maximum absolute atomic E-state index is 14.3. The van der Waals surface area contributed by atoms with Crippen LogP contribution < -0.4 is 0 Å². The molecular formula is C18H18ClFN4O2. The predicted molar refractivity (Wildman–Crippen MR) is 95.1 cm³/mol. The number of nitrogens with zero attached hydrogens (tertiary/aromatic N) is 3. The quantitative estimate of drug-likeness (QED) is 0.653. The lowest BCUT2D eigenvalue weighted by molar-refractivity contribution is -0.0447. The second kappa shape index (κ2) is 6.90. The van der Waals surface area contributed by atoms with Crippen LogP contribution in [0.15, 0.2) is 24.7 Å². The van der Waals surface area contributed by atoms with E-state index in [2.05, 4.69) is 19.9 Å². The lowest BCUT2D eigenvalue weighted by Gasteiger charge is -2.31. The van der Waals surface area contributed by atoms with Crippen LogP contribution in [0.25, 0.3) is 22.4 Å². The molecule has 3 heterocycles. The van der Waals surface area contributed by atoms with Gasteiger partial charge in [-0.05, 0) is 31.2 Å². The molecule has 1 fully saturated rings. The number of rotatable bonds is 3. The zero-order valence-electron chi connectivity index (χ0n) is 13.9. The topological polar surface area (TPSA) is 94.9 Å². The van der Waals surface area contributed by atoms with Crippen molar-refractivity contribution in [3.63, 3.8) is 0 Å². The molecule has 3 atom stereocenters. The molecule has 3 N–H and O–H groups in total. The fourth-order valence-corrected chi connectivity index (χ4v) is 3.71. The van der Waals surface area contributed by atoms with Gasteiger partial charge in [0.15, 0.2) is 11.6 Å². The van der Waals surface area contributed by atoms with Crippen molar-refractivity contribution in [3.8, 4) is 11.4 Å². The molecule has 136 valence electrons. The van der Waals surface area contributed by atoms with Gasteiger partial charge in [-0.1, -0.05) is 18.0 Å². The van der Waals surface area contributed by atoms with Gasteiger partial charge in [0.2, 0.25) is 0 Å². The van der Waals surface area contributed by atoms with Gasteiger partial charge >= 0.3 is 0 Å². The molecule has 0 bridgehead atoms. The molecule has 3 aromatic heterocycles. The molecule has 1 aliphatic carbocycles. The Morgan fingerprint density at radius 1 is 1.23 bits per heavy atom. The summed E-state index contributed by atoms with van der Waals surface area (Å²) in [5.41, 5.74) is 1.56. The van der Waals surface area contributed by atoms with Crippen molar-refractivity contribution in [2.45, 2.75) is 37.9 Å². The summed E-state index contributed by atoms with van der Waals surface area (Å²) in [5.74, 6) is -0.380. The second-order valence-corrected chi connectivity index (χ2v) is 7.13. The van der Waals surface area contributed by atoms with Crippen molar-refractivity contribution in [1.82, 2.24) is 19.9 Å². The number of aromatic nitrogens is 4. The molecule has 0 radical (unpaired) electrons. The summed E-state index contributed by atoms with van der Waals surface area (Å²) in [5, 5.41) is 21.3. The van der Waals surface area contributed by atoms with Crippen LogP contribution in [0.1, 0.15) is 25.0 Å². The van der Waals surface area contributed by atoms with Crippen molar-refractivity contribution in [3.05, 3.63) is 41.2 Å². The molecule has 3 aromatic rings. The van der Waals surface area contributed by atoms with E-state index in [0.717, 1.165) is 24.4 Å². The third-order valence-corrected chi connectivity index (χ3v) is 5.17. The molecule has 0 aromatic carbocycles. The zero-order valence-corrected chi connectivity index (χ0v) is 14.6. The SMILES string of the molecule is O[C@@H]1[C@H](Cc2nc(-c3c[nH]c4ncc(Cl)cc34)ncc2F)CCC[C@@H]1O. The molecule has 6 nitrogen and oxygen atoms in total. The van der Waals surface area contributed by atoms with Crippen LogP contribution in [0.2, 0.25) is 5.02 Å². The van der Waals surface area contributed by atoms with Gasteiger partial charge in [0.05, 0.1) is 29.1 Å². The Morgan fingerprint density at radius 2 is 2.08 bits per heavy atom. The third-order valence-electron chi connectivity index (χ3n) is 4.96. The monoisotopic (exact) mass is 376 g/mol. The first-order valence-electron chi connectivity index (χ1n) is 8.53. The van der Waals surface area contributed by atoms with E-state index in [0.29, 0.717) is 28.5 Å². The molecule has 8 heteroatoms. The Bertz CT molecular complexity index is 948. The number of aromatic amines is 1. The Morgan fingerprint density at radius 3 is 2.92 bits per heavy atom. The van der Waals surface area contributed by atoms with Crippen molar-refractivity contribution >= 4 is 22.6 Å². The normalized spacial score (nSPS) is 23.5. The summed E-state index contributed by atoms with van der Waals surface area (Å²) in [6.07, 6.45) is 5.11. The van der Waals surface area contributed by atoms with E-state index in [9.17, 15) is 14.6 Å². The zero-order chi connectivity index (χ0) is 18.3. The second-order valence-electron chi connectivity index (χ2n) is 6.69. The minimum absolute atomic E-state index is 0.227. The third kappa shape index (κ3) is 3.18. The van der Waals surface area contributed by atoms with Gasteiger partial charge < -0.3 is 15.2 Å². The smallest absolute Gasteiger partial charge is 0.163 e. The Hall–Kier alpha value is -2.09. The Labute approximate surface area is 154 Å². The number of hydrogen-bond donors (Lipinski definition) is 3. The number of pyridine rings is 1. The van der Waals surface area contributed by atoms with Crippen LogP contribution in [0.4, 0.5) is 4.39 Å². The van der Waals surface area contributed by atoms with Crippen LogP contribution in [-0.2, 0) is 6.42 Å². The molecular weight excluding hydrogens is 359 g/mol. The molecule has 1 aliphatic rings. The molecule has 0 spiro atoms. The average molecular weight is 377 g/mol. The molecule has 0 amide bonds. The van der Waals surface area contributed by atoms with E-state index in [1.807, 2.05) is 0 Å². The largest absolute Gasteiger partial charge is 0.390 e. The Balaban J connectivity index is 1.68. The van der Waals surface area contributed by atoms with Crippen molar-refractivity contribution in [2.24, 2.45) is 5.92 Å². The highest BCUT2D eigenvalue weighted by molar-refractivity contribution is 6.31. The van der Waals surface area contributed by atoms with Crippen LogP contribution in [-0.4, -0.2) is 42.4 Å². The van der Waals surface area contributed by atoms with Gasteiger partial charge in [0.25, 0.3) is 0 Å². The lowest BCUT2D eigenvalue weighted by atomic mass is 9.82. The van der Waals surface area contributed by atoms with Crippen LogP contribution in [0.5, 0.6) is 0 Å². The van der Waals surface area contributed by atoms with E-state index in [-0.39, 0.29) is 18.0 Å². The minimum atomic E-state index is -0.863. The van der Waals surface area contributed by atoms with Crippen molar-refractivity contribution < 1.29 is 14.6 Å². The molecule has 26 heavy (non-hydrogen) atoms. The van der Waals surface area contributed by atoms with Gasteiger partial charge in [0.1, 0.15) is 5.65 Å². The number of H-pyrrole nitrogens is 1. The van der Waals surface area contributed by atoms with Gasteiger partial charge in [0, 0.05) is 23.3 Å². The highest BCUT2D eigenvalue weighted by atomic mass is 35.5. The highest BCUT2D eigenvalue weighted by Gasteiger charge is 2.31. The summed E-state index contributed by atoms with van der Waals surface area (Å²) in [6, 6.07) is 1.75. The number of fused-ring (bicyclic) bond motifs is 1. The maximum atomic E-state index is 14.3. The van der Waals surface area contributed by atoms with E-state index in [1.54, 1.807) is 12.3 Å². The van der Waals surface area contributed by atoms with Gasteiger partial charge in [-0.2, -0.15) is 0 Å². The number of aliphatic hydroxyl groups excluding tert-OH is 2. The van der Waals surface area contributed by atoms with E-state index in [4.69, 9.17) is 11.6 Å². The molecule has 0 aliphatic heterocycles. The number of hydrogen-bond acceptors (Lipinski definition) is 5. The number of halogens is 2. The molecule has 4 rings (SSSR count). The van der Waals surface area contributed by atoms with Crippen LogP contribution >= 0.6 is 11.6 Å². The first-order chi connectivity index (χ1) is 12.5. The first-order valence-corrected chi connectivity index (χ1v) is 8.91. The summed E-state index contributed by atoms with van der Waals surface area (Å²) in [4.78, 5) is 15.7. The average Bonchev–Trinajstić information content (AvgIpc) is 3.04. The van der Waals surface area contributed by atoms with Crippen molar-refractivity contribution in [1.29, 1.82) is 0 Å². The lowest BCUT2D eigenvalue weighted by Crippen LogP contribution is -2.38. The number of aliphatic hydroxyl groups is 2. The molecule has 0 unspecified atom stereocenters. The number of nitrogens with one attached hydrogen (secondary N) is 1. The van der Waals surface area contributed by atoms with E-state index < -0.39 is 18.0 Å². The molecule has 1 saturated carbocycles. The summed E-state index contributed by atoms with van der Waals surface area (Å²) in [6.45, 7) is 0. The van der Waals surface area contributed by atoms with E-state index in [1.165, 1.54) is 6.20 Å². The van der Waals surface area contributed by atoms with E-state index >= 15 is 0 Å². The minimum Gasteiger partial charge on any atom is -0.390 e. The summed E-state index contributed by atoms with van der Waals surface area (Å²) < 4.78 is 14.3. The van der Waals surface area contributed by atoms with Gasteiger partial charge in [-0.25, -0.2) is 19.3 Å².